The first-order valence-electron chi connectivity index (χ1n) is 8.74. The van der Waals surface area contributed by atoms with Gasteiger partial charge in [-0.3, -0.25) is 0 Å². The molecule has 3 rings (SSSR count). The van der Waals surface area contributed by atoms with Gasteiger partial charge in [0.1, 0.15) is 19.0 Å². The molecule has 27 heavy (non-hydrogen) atoms. The third-order valence-corrected chi connectivity index (χ3v) is 4.23. The number of hydrogen-bond donors (Lipinski definition) is 2. The van der Waals surface area contributed by atoms with E-state index in [1.807, 2.05) is 61.5 Å². The van der Waals surface area contributed by atoms with Gasteiger partial charge in [-0.25, -0.2) is 9.59 Å². The van der Waals surface area contributed by atoms with Crippen molar-refractivity contribution in [3.63, 3.8) is 0 Å². The molecule has 2 N–H and O–H groups in total. The van der Waals surface area contributed by atoms with E-state index < -0.39 is 12.0 Å². The summed E-state index contributed by atoms with van der Waals surface area (Å²) in [4.78, 5) is 24.5. The molecule has 0 spiro atoms. The molecule has 0 aliphatic carbocycles. The van der Waals surface area contributed by atoms with Gasteiger partial charge in [0.05, 0.1) is 11.6 Å². The summed E-state index contributed by atoms with van der Waals surface area (Å²) < 4.78 is 10.9. The van der Waals surface area contributed by atoms with Gasteiger partial charge in [0.2, 0.25) is 0 Å². The number of allylic oxidation sites excluding steroid dienone is 1. The van der Waals surface area contributed by atoms with E-state index in [0.717, 1.165) is 11.1 Å². The molecule has 0 bridgehead atoms. The summed E-state index contributed by atoms with van der Waals surface area (Å²) in [6.07, 6.45) is 0. The van der Waals surface area contributed by atoms with E-state index in [0.29, 0.717) is 17.0 Å². The van der Waals surface area contributed by atoms with Crippen molar-refractivity contribution in [1.29, 1.82) is 0 Å². The van der Waals surface area contributed by atoms with Gasteiger partial charge in [0.25, 0.3) is 0 Å². The van der Waals surface area contributed by atoms with Crippen molar-refractivity contribution in [2.75, 3.05) is 13.2 Å². The predicted molar refractivity (Wildman–Crippen MR) is 101 cm³/mol. The summed E-state index contributed by atoms with van der Waals surface area (Å²) in [6.45, 7) is 4.03. The highest BCUT2D eigenvalue weighted by atomic mass is 16.6. The number of rotatable bonds is 6. The van der Waals surface area contributed by atoms with E-state index in [1.165, 1.54) is 0 Å². The van der Waals surface area contributed by atoms with E-state index in [4.69, 9.17) is 9.47 Å². The van der Waals surface area contributed by atoms with Gasteiger partial charge in [-0.2, -0.15) is 0 Å². The first-order valence-corrected chi connectivity index (χ1v) is 8.74. The first kappa shape index (κ1) is 18.5. The Hall–Kier alpha value is -3.28. The lowest BCUT2D eigenvalue weighted by Gasteiger charge is -2.28. The minimum absolute atomic E-state index is 0.110. The number of ether oxygens (including phenoxy) is 2. The van der Waals surface area contributed by atoms with Gasteiger partial charge < -0.3 is 20.1 Å². The van der Waals surface area contributed by atoms with Crippen molar-refractivity contribution in [2.45, 2.75) is 19.9 Å². The second-order valence-electron chi connectivity index (χ2n) is 6.28. The summed E-state index contributed by atoms with van der Waals surface area (Å²) in [5.74, 6) is 0.232. The van der Waals surface area contributed by atoms with E-state index >= 15 is 0 Å². The number of carbonyl (C=O) groups excluding carboxylic acids is 2. The van der Waals surface area contributed by atoms with Gasteiger partial charge in [-0.1, -0.05) is 48.0 Å². The quantitative estimate of drug-likeness (QED) is 0.608. The van der Waals surface area contributed by atoms with E-state index in [1.54, 1.807) is 6.92 Å². The molecule has 0 fully saturated rings. The number of nitrogens with one attached hydrogen (secondary N) is 2. The maximum atomic E-state index is 12.7. The minimum atomic E-state index is -0.554. The summed E-state index contributed by atoms with van der Waals surface area (Å²) in [5, 5.41) is 5.42. The van der Waals surface area contributed by atoms with Crippen molar-refractivity contribution >= 4 is 12.0 Å². The van der Waals surface area contributed by atoms with Gasteiger partial charge in [-0.05, 0) is 31.5 Å². The summed E-state index contributed by atoms with van der Waals surface area (Å²) >= 11 is 0. The fourth-order valence-corrected chi connectivity index (χ4v) is 2.86. The number of para-hydroxylation sites is 1. The smallest absolute Gasteiger partial charge is 0.338 e. The number of esters is 1. The Balaban J connectivity index is 1.67. The molecule has 0 saturated heterocycles. The molecule has 6 heteroatoms. The standard InChI is InChI=1S/C21H22N2O4/c1-14-8-10-16(11-9-14)19-18(15(2)22-21(25)23-19)20(24)27-13-12-26-17-6-4-3-5-7-17/h3-11,19H,12-13H2,1-2H3,(H2,22,23,25). The maximum absolute atomic E-state index is 12.7. The average molecular weight is 366 g/mol. The van der Waals surface area contributed by atoms with Crippen LogP contribution in [0.3, 0.4) is 0 Å². The van der Waals surface area contributed by atoms with Crippen LogP contribution in [0.4, 0.5) is 4.79 Å². The highest BCUT2D eigenvalue weighted by Gasteiger charge is 2.32. The van der Waals surface area contributed by atoms with Gasteiger partial charge >= 0.3 is 12.0 Å². The van der Waals surface area contributed by atoms with Crippen LogP contribution in [0.2, 0.25) is 0 Å². The molecule has 1 unspecified atom stereocenters. The fraction of sp³-hybridized carbons (Fsp3) is 0.238. The number of amides is 2. The van der Waals surface area contributed by atoms with E-state index in [2.05, 4.69) is 10.6 Å². The van der Waals surface area contributed by atoms with Crippen LogP contribution in [-0.2, 0) is 9.53 Å². The van der Waals surface area contributed by atoms with E-state index in [-0.39, 0.29) is 19.2 Å². The van der Waals surface area contributed by atoms with Gasteiger partial charge in [0.15, 0.2) is 0 Å². The van der Waals surface area contributed by atoms with Crippen LogP contribution in [0.5, 0.6) is 5.75 Å². The van der Waals surface area contributed by atoms with Crippen molar-refractivity contribution in [1.82, 2.24) is 10.6 Å². The normalized spacial score (nSPS) is 16.4. The molecule has 2 aromatic rings. The molecule has 0 radical (unpaired) electrons. The summed E-state index contributed by atoms with van der Waals surface area (Å²) in [7, 11) is 0. The number of urea groups is 1. The Bertz CT molecular complexity index is 844. The maximum Gasteiger partial charge on any atom is 0.338 e. The lowest BCUT2D eigenvalue weighted by atomic mass is 9.95. The molecular formula is C21H22N2O4. The second kappa shape index (κ2) is 8.40. The SMILES string of the molecule is CC1=C(C(=O)OCCOc2ccccc2)C(c2ccc(C)cc2)NC(=O)N1. The zero-order valence-corrected chi connectivity index (χ0v) is 15.3. The highest BCUT2D eigenvalue weighted by molar-refractivity contribution is 5.95. The van der Waals surface area contributed by atoms with Crippen LogP contribution in [-0.4, -0.2) is 25.2 Å². The molecular weight excluding hydrogens is 344 g/mol. The lowest BCUT2D eigenvalue weighted by molar-refractivity contribution is -0.140. The minimum Gasteiger partial charge on any atom is -0.490 e. The third kappa shape index (κ3) is 4.67. The number of benzene rings is 2. The molecule has 1 heterocycles. The van der Waals surface area contributed by atoms with Crippen LogP contribution in [0.15, 0.2) is 65.9 Å². The Morgan fingerprint density at radius 2 is 1.70 bits per heavy atom. The van der Waals surface area contributed by atoms with Gasteiger partial charge in [0, 0.05) is 5.70 Å². The molecule has 2 aromatic carbocycles. The summed E-state index contributed by atoms with van der Waals surface area (Å²) in [5.41, 5.74) is 2.79. The fourth-order valence-electron chi connectivity index (χ4n) is 2.86. The third-order valence-electron chi connectivity index (χ3n) is 4.23. The Labute approximate surface area is 158 Å². The Kier molecular flexibility index (Phi) is 5.76. The molecule has 1 aliphatic rings. The molecule has 2 amide bonds. The van der Waals surface area contributed by atoms with Crippen molar-refractivity contribution in [2.24, 2.45) is 0 Å². The molecule has 1 atom stereocenters. The van der Waals surface area contributed by atoms with Crippen molar-refractivity contribution < 1.29 is 19.1 Å². The first-order chi connectivity index (χ1) is 13.0. The molecule has 0 aromatic heterocycles. The topological polar surface area (TPSA) is 76.7 Å². The zero-order valence-electron chi connectivity index (χ0n) is 15.3. The second-order valence-corrected chi connectivity index (χ2v) is 6.28. The average Bonchev–Trinajstić information content (AvgIpc) is 2.66. The molecule has 1 aliphatic heterocycles. The van der Waals surface area contributed by atoms with Crippen LogP contribution < -0.4 is 15.4 Å². The van der Waals surface area contributed by atoms with Crippen LogP contribution >= 0.6 is 0 Å². The largest absolute Gasteiger partial charge is 0.490 e. The van der Waals surface area contributed by atoms with E-state index in [9.17, 15) is 9.59 Å². The van der Waals surface area contributed by atoms with Crippen LogP contribution in [0, 0.1) is 6.92 Å². The predicted octanol–water partition coefficient (Wildman–Crippen LogP) is 3.25. The lowest BCUT2D eigenvalue weighted by Crippen LogP contribution is -2.45. The zero-order chi connectivity index (χ0) is 19.2. The number of carbonyl (C=O) groups is 2. The Morgan fingerprint density at radius 3 is 2.41 bits per heavy atom. The van der Waals surface area contributed by atoms with Crippen molar-refractivity contribution in [3.05, 3.63) is 77.0 Å². The Morgan fingerprint density at radius 1 is 1.00 bits per heavy atom. The molecule has 6 nitrogen and oxygen atoms in total. The van der Waals surface area contributed by atoms with Crippen LogP contribution in [0.1, 0.15) is 24.1 Å². The monoisotopic (exact) mass is 366 g/mol. The molecule has 140 valence electrons. The highest BCUT2D eigenvalue weighted by Crippen LogP contribution is 2.27. The number of aryl methyl sites for hydroxylation is 1. The van der Waals surface area contributed by atoms with Crippen LogP contribution in [0.25, 0.3) is 0 Å². The molecule has 0 saturated carbocycles. The van der Waals surface area contributed by atoms with Gasteiger partial charge in [-0.15, -0.1) is 0 Å². The van der Waals surface area contributed by atoms with Crippen molar-refractivity contribution in [3.8, 4) is 5.75 Å². The number of hydrogen-bond acceptors (Lipinski definition) is 4. The summed E-state index contributed by atoms with van der Waals surface area (Å²) in [6, 6.07) is 16.1.